The molecule has 0 aliphatic carbocycles. The molecule has 0 spiro atoms. The highest BCUT2D eigenvalue weighted by Gasteiger charge is 2.06. The third kappa shape index (κ3) is 3.40. The molecule has 0 unspecified atom stereocenters. The van der Waals surface area contributed by atoms with Crippen molar-refractivity contribution >= 4 is 11.8 Å². The maximum Gasteiger partial charge on any atom is 0.224 e. The van der Waals surface area contributed by atoms with Gasteiger partial charge in [-0.1, -0.05) is 0 Å². The second kappa shape index (κ2) is 6.12. The van der Waals surface area contributed by atoms with Crippen LogP contribution in [0.25, 0.3) is 0 Å². The van der Waals surface area contributed by atoms with Gasteiger partial charge in [0.1, 0.15) is 5.82 Å². The molecule has 0 radical (unpaired) electrons. The fourth-order valence-electron chi connectivity index (χ4n) is 1.66. The summed E-state index contributed by atoms with van der Waals surface area (Å²) in [5, 5.41) is 5.90. The van der Waals surface area contributed by atoms with Crippen LogP contribution in [-0.2, 0) is 13.5 Å². The molecule has 19 heavy (non-hydrogen) atoms. The summed E-state index contributed by atoms with van der Waals surface area (Å²) in [5.41, 5.74) is 0. The number of anilines is 2. The third-order valence-corrected chi connectivity index (χ3v) is 2.64. The Kier molecular flexibility index (Phi) is 4.27. The molecular weight excluding hydrogens is 247 g/mol. The lowest BCUT2D eigenvalue weighted by atomic mass is 10.4. The first-order valence-corrected chi connectivity index (χ1v) is 6.17. The SMILES string of the molecule is CCNc1ncc(F)c(NCCc2nccn2C)n1. The average molecular weight is 264 g/mol. The standard InChI is InChI=1S/C12H17FN6/c1-3-14-12-17-8-9(13)11(18-12)16-5-4-10-15-6-7-19(10)2/h6-8H,3-5H2,1-2H3,(H2,14,16,17,18). The van der Waals surface area contributed by atoms with E-state index < -0.39 is 5.82 Å². The van der Waals surface area contributed by atoms with E-state index in [0.29, 0.717) is 25.5 Å². The van der Waals surface area contributed by atoms with Crippen LogP contribution < -0.4 is 10.6 Å². The van der Waals surface area contributed by atoms with Crippen molar-refractivity contribution in [2.24, 2.45) is 7.05 Å². The molecule has 2 aromatic heterocycles. The van der Waals surface area contributed by atoms with Gasteiger partial charge in [0.2, 0.25) is 5.95 Å². The molecule has 2 heterocycles. The van der Waals surface area contributed by atoms with E-state index in [1.165, 1.54) is 0 Å². The molecule has 102 valence electrons. The Hall–Kier alpha value is -2.18. The topological polar surface area (TPSA) is 67.7 Å². The van der Waals surface area contributed by atoms with Gasteiger partial charge < -0.3 is 15.2 Å². The molecule has 2 aromatic rings. The minimum atomic E-state index is -0.457. The van der Waals surface area contributed by atoms with Crippen LogP contribution in [0.4, 0.5) is 16.2 Å². The van der Waals surface area contributed by atoms with Gasteiger partial charge in [0.05, 0.1) is 6.20 Å². The predicted molar refractivity (Wildman–Crippen MR) is 71.6 cm³/mol. The minimum absolute atomic E-state index is 0.208. The number of hydrogen-bond acceptors (Lipinski definition) is 5. The highest BCUT2D eigenvalue weighted by Crippen LogP contribution is 2.11. The summed E-state index contributed by atoms with van der Waals surface area (Å²) >= 11 is 0. The highest BCUT2D eigenvalue weighted by atomic mass is 19.1. The molecule has 0 aliphatic heterocycles. The van der Waals surface area contributed by atoms with E-state index in [9.17, 15) is 4.39 Å². The van der Waals surface area contributed by atoms with E-state index in [2.05, 4.69) is 25.6 Å². The van der Waals surface area contributed by atoms with E-state index in [1.54, 1.807) is 6.20 Å². The third-order valence-electron chi connectivity index (χ3n) is 2.64. The number of aryl methyl sites for hydroxylation is 1. The number of imidazole rings is 1. The predicted octanol–water partition coefficient (Wildman–Crippen LogP) is 1.44. The summed E-state index contributed by atoms with van der Waals surface area (Å²) in [6.45, 7) is 3.18. The van der Waals surface area contributed by atoms with Gasteiger partial charge in [-0.15, -0.1) is 0 Å². The smallest absolute Gasteiger partial charge is 0.224 e. The Morgan fingerprint density at radius 2 is 2.16 bits per heavy atom. The molecule has 0 aliphatic rings. The van der Waals surface area contributed by atoms with Gasteiger partial charge in [0.15, 0.2) is 11.6 Å². The van der Waals surface area contributed by atoms with Gasteiger partial charge in [-0.3, -0.25) is 0 Å². The van der Waals surface area contributed by atoms with E-state index >= 15 is 0 Å². The second-order valence-electron chi connectivity index (χ2n) is 4.05. The average Bonchev–Trinajstić information content (AvgIpc) is 2.79. The van der Waals surface area contributed by atoms with Crippen LogP contribution in [0, 0.1) is 5.82 Å². The van der Waals surface area contributed by atoms with E-state index in [4.69, 9.17) is 0 Å². The van der Waals surface area contributed by atoms with Gasteiger partial charge in [0, 0.05) is 39.0 Å². The summed E-state index contributed by atoms with van der Waals surface area (Å²) in [4.78, 5) is 12.1. The maximum atomic E-state index is 13.5. The summed E-state index contributed by atoms with van der Waals surface area (Å²) in [6, 6.07) is 0. The first-order valence-electron chi connectivity index (χ1n) is 6.17. The largest absolute Gasteiger partial charge is 0.367 e. The zero-order chi connectivity index (χ0) is 13.7. The van der Waals surface area contributed by atoms with Crippen LogP contribution >= 0.6 is 0 Å². The van der Waals surface area contributed by atoms with Crippen molar-refractivity contribution in [1.82, 2.24) is 19.5 Å². The first kappa shape index (κ1) is 13.3. The first-order chi connectivity index (χ1) is 9.20. The zero-order valence-corrected chi connectivity index (χ0v) is 11.0. The molecule has 0 aromatic carbocycles. The summed E-state index contributed by atoms with van der Waals surface area (Å²) in [7, 11) is 1.93. The number of rotatable bonds is 6. The normalized spacial score (nSPS) is 10.5. The van der Waals surface area contributed by atoms with Crippen molar-refractivity contribution in [1.29, 1.82) is 0 Å². The fraction of sp³-hybridized carbons (Fsp3) is 0.417. The fourth-order valence-corrected chi connectivity index (χ4v) is 1.66. The molecule has 7 heteroatoms. The highest BCUT2D eigenvalue weighted by molar-refractivity contribution is 5.40. The van der Waals surface area contributed by atoms with Crippen LogP contribution in [-0.4, -0.2) is 32.6 Å². The summed E-state index contributed by atoms with van der Waals surface area (Å²) < 4.78 is 15.5. The van der Waals surface area contributed by atoms with Crippen LogP contribution in [0.5, 0.6) is 0 Å². The van der Waals surface area contributed by atoms with Crippen LogP contribution in [0.2, 0.25) is 0 Å². The molecule has 0 fully saturated rings. The Bertz CT molecular complexity index is 539. The van der Waals surface area contributed by atoms with Crippen molar-refractivity contribution in [2.75, 3.05) is 23.7 Å². The van der Waals surface area contributed by atoms with Gasteiger partial charge in [0.25, 0.3) is 0 Å². The lowest BCUT2D eigenvalue weighted by Crippen LogP contribution is -2.12. The van der Waals surface area contributed by atoms with Gasteiger partial charge in [-0.25, -0.2) is 14.4 Å². The lowest BCUT2D eigenvalue weighted by molar-refractivity contribution is 0.616. The van der Waals surface area contributed by atoms with Crippen molar-refractivity contribution in [2.45, 2.75) is 13.3 Å². The zero-order valence-electron chi connectivity index (χ0n) is 11.0. The van der Waals surface area contributed by atoms with Crippen molar-refractivity contribution < 1.29 is 4.39 Å². The molecule has 6 nitrogen and oxygen atoms in total. The van der Waals surface area contributed by atoms with Crippen molar-refractivity contribution in [3.8, 4) is 0 Å². The molecule has 0 atom stereocenters. The molecule has 2 rings (SSSR count). The van der Waals surface area contributed by atoms with Crippen molar-refractivity contribution in [3.05, 3.63) is 30.2 Å². The second-order valence-corrected chi connectivity index (χ2v) is 4.05. The van der Waals surface area contributed by atoms with E-state index in [-0.39, 0.29) is 5.82 Å². The van der Waals surface area contributed by atoms with Crippen molar-refractivity contribution in [3.63, 3.8) is 0 Å². The van der Waals surface area contributed by atoms with E-state index in [1.807, 2.05) is 24.7 Å². The monoisotopic (exact) mass is 264 g/mol. The number of aromatic nitrogens is 4. The molecular formula is C12H17FN6. The summed E-state index contributed by atoms with van der Waals surface area (Å²) in [6.07, 6.45) is 5.48. The maximum absolute atomic E-state index is 13.5. The number of hydrogen-bond donors (Lipinski definition) is 2. The van der Waals surface area contributed by atoms with E-state index in [0.717, 1.165) is 12.0 Å². The molecule has 0 amide bonds. The van der Waals surface area contributed by atoms with Gasteiger partial charge >= 0.3 is 0 Å². The van der Waals surface area contributed by atoms with Gasteiger partial charge in [-0.05, 0) is 6.92 Å². The minimum Gasteiger partial charge on any atom is -0.367 e. The Balaban J connectivity index is 1.95. The quantitative estimate of drug-likeness (QED) is 0.826. The van der Waals surface area contributed by atoms with Crippen LogP contribution in [0.3, 0.4) is 0 Å². The molecule has 0 bridgehead atoms. The number of nitrogens with one attached hydrogen (secondary N) is 2. The Morgan fingerprint density at radius 3 is 2.84 bits per heavy atom. The molecule has 0 saturated carbocycles. The number of halogens is 1. The number of nitrogens with zero attached hydrogens (tertiary/aromatic N) is 4. The Labute approximate surface area is 111 Å². The molecule has 2 N–H and O–H groups in total. The lowest BCUT2D eigenvalue weighted by Gasteiger charge is -2.08. The Morgan fingerprint density at radius 1 is 1.32 bits per heavy atom. The van der Waals surface area contributed by atoms with Crippen LogP contribution in [0.1, 0.15) is 12.7 Å². The van der Waals surface area contributed by atoms with Gasteiger partial charge in [-0.2, -0.15) is 4.98 Å². The summed E-state index contributed by atoms with van der Waals surface area (Å²) in [5.74, 6) is 1.11. The van der Waals surface area contributed by atoms with Crippen LogP contribution in [0.15, 0.2) is 18.6 Å². The molecule has 0 saturated heterocycles.